The monoisotopic (exact) mass is 700 g/mol. The van der Waals surface area contributed by atoms with E-state index in [1.807, 2.05) is 107 Å². The third-order valence-corrected chi connectivity index (χ3v) is 13.2. The van der Waals surface area contributed by atoms with E-state index in [0.29, 0.717) is 0 Å². The fourth-order valence-corrected chi connectivity index (χ4v) is 11.0. The molecule has 0 radical (unpaired) electrons. The highest BCUT2D eigenvalue weighted by atomic mass is 31.2. The van der Waals surface area contributed by atoms with Crippen molar-refractivity contribution in [2.45, 2.75) is 6.92 Å². The van der Waals surface area contributed by atoms with Crippen LogP contribution in [0.4, 0.5) is 11.4 Å². The number of allylic oxidation sites excluding steroid dienone is 3. The molecule has 8 aromatic rings. The third-order valence-electron chi connectivity index (χ3n) is 10.2. The van der Waals surface area contributed by atoms with Crippen LogP contribution in [0.3, 0.4) is 0 Å². The molecule has 254 valence electrons. The number of benzene rings is 8. The van der Waals surface area contributed by atoms with Crippen LogP contribution in [-0.2, 0) is 4.57 Å². The average Bonchev–Trinajstić information content (AvgIpc) is 3.48. The highest BCUT2D eigenvalue weighted by molar-refractivity contribution is 7.75. The fraction of sp³-hybridized carbons (Fsp3) is 0.0204. The lowest BCUT2D eigenvalue weighted by Crippen LogP contribution is -2.26. The van der Waals surface area contributed by atoms with E-state index < -0.39 is 7.44 Å². The largest absolute Gasteiger partial charge is 0.301 e. The Morgan fingerprint density at radius 2 is 1.00 bits per heavy atom. The van der Waals surface area contributed by atoms with E-state index in [2.05, 4.69) is 103 Å². The minimum absolute atomic E-state index is 0.747. The van der Waals surface area contributed by atoms with Crippen LogP contribution in [0.1, 0.15) is 12.5 Å². The van der Waals surface area contributed by atoms with Crippen LogP contribution in [0.25, 0.3) is 49.0 Å². The number of rotatable bonds is 6. The molecule has 0 aliphatic carbocycles. The van der Waals surface area contributed by atoms with E-state index in [1.54, 1.807) is 0 Å². The second kappa shape index (κ2) is 13.3. The Hall–Kier alpha value is -6.41. The Labute approximate surface area is 310 Å². The molecule has 0 amide bonds. The molecule has 8 aromatic carbocycles. The van der Waals surface area contributed by atoms with Gasteiger partial charge in [0.05, 0.1) is 16.7 Å². The van der Waals surface area contributed by atoms with Crippen molar-refractivity contribution in [1.82, 2.24) is 0 Å². The first-order valence-corrected chi connectivity index (χ1v) is 19.6. The van der Waals surface area contributed by atoms with Gasteiger partial charge in [0.1, 0.15) is 0 Å². The second-order valence-corrected chi connectivity index (χ2v) is 15.7. The Bertz CT molecular complexity index is 2730. The summed E-state index contributed by atoms with van der Waals surface area (Å²) in [6.45, 7) is 6.83. The normalized spacial score (nSPS) is 17.4. The summed E-state index contributed by atoms with van der Waals surface area (Å²) in [7, 11) is -3.54. The first-order valence-electron chi connectivity index (χ1n) is 17.9. The van der Waals surface area contributed by atoms with E-state index in [-0.39, 0.29) is 0 Å². The molecule has 4 heteroatoms. The highest BCUT2D eigenvalue weighted by Gasteiger charge is 2.50. The van der Waals surface area contributed by atoms with Crippen molar-refractivity contribution >= 4 is 62.0 Å². The quantitative estimate of drug-likeness (QED) is 0.127. The fourth-order valence-electron chi connectivity index (χ4n) is 7.95. The lowest BCUT2D eigenvalue weighted by atomic mass is 9.85. The lowest BCUT2D eigenvalue weighted by Gasteiger charge is -2.32. The molecular formula is C49H37N2OP. The minimum atomic E-state index is -3.54. The Morgan fingerprint density at radius 1 is 0.528 bits per heavy atom. The molecule has 53 heavy (non-hydrogen) atoms. The standard InChI is InChI=1S/C49H37N2OP/c1-3-46-47(51(40-23-9-5-10-24-40)53(52,41-25-11-6-12-26-41)50(46)39-21-7-4-8-22-39)33-35(2)48-42-27-15-17-29-44(42)49(45-30-18-16-28-43(45)48)38-32-31-36-19-13-14-20-37(36)34-38/h3-34H,2H2,1H3/b46-3+,47-33+. The van der Waals surface area contributed by atoms with Gasteiger partial charge in [-0.1, -0.05) is 152 Å². The molecule has 1 heterocycles. The Balaban J connectivity index is 1.31. The lowest BCUT2D eigenvalue weighted by molar-refractivity contribution is 0.582. The minimum Gasteiger partial charge on any atom is -0.270 e. The molecule has 0 N–H and O–H groups in total. The first-order chi connectivity index (χ1) is 26.1. The predicted octanol–water partition coefficient (Wildman–Crippen LogP) is 13.2. The Kier molecular flexibility index (Phi) is 8.15. The summed E-state index contributed by atoms with van der Waals surface area (Å²) in [4.78, 5) is 0. The van der Waals surface area contributed by atoms with Gasteiger partial charge in [-0.05, 0) is 110 Å². The average molecular weight is 701 g/mol. The van der Waals surface area contributed by atoms with Gasteiger partial charge in [-0.2, -0.15) is 0 Å². The van der Waals surface area contributed by atoms with Crippen LogP contribution >= 0.6 is 7.44 Å². The van der Waals surface area contributed by atoms with Gasteiger partial charge in [0.15, 0.2) is 0 Å². The van der Waals surface area contributed by atoms with Gasteiger partial charge in [0.25, 0.3) is 0 Å². The second-order valence-electron chi connectivity index (χ2n) is 13.3. The van der Waals surface area contributed by atoms with Gasteiger partial charge >= 0.3 is 7.44 Å². The molecule has 1 aliphatic rings. The number of hydrogen-bond donors (Lipinski definition) is 0. The van der Waals surface area contributed by atoms with Crippen molar-refractivity contribution in [3.8, 4) is 11.1 Å². The van der Waals surface area contributed by atoms with E-state index in [1.165, 1.54) is 21.9 Å². The van der Waals surface area contributed by atoms with Crippen LogP contribution < -0.4 is 14.6 Å². The zero-order valence-electron chi connectivity index (χ0n) is 29.4. The first kappa shape index (κ1) is 32.5. The van der Waals surface area contributed by atoms with Crippen molar-refractivity contribution in [2.24, 2.45) is 0 Å². The van der Waals surface area contributed by atoms with Gasteiger partial charge in [0, 0.05) is 11.4 Å². The molecule has 0 aromatic heterocycles. The van der Waals surface area contributed by atoms with Crippen molar-refractivity contribution in [2.75, 3.05) is 9.34 Å². The number of para-hydroxylation sites is 2. The number of hydrogen-bond acceptors (Lipinski definition) is 1. The molecule has 1 atom stereocenters. The molecule has 0 saturated carbocycles. The van der Waals surface area contributed by atoms with Gasteiger partial charge in [0.2, 0.25) is 0 Å². The van der Waals surface area contributed by atoms with Crippen LogP contribution in [0.5, 0.6) is 0 Å². The summed E-state index contributed by atoms with van der Waals surface area (Å²) in [5, 5.41) is 7.74. The summed E-state index contributed by atoms with van der Waals surface area (Å²) in [5.74, 6) is 0. The van der Waals surface area contributed by atoms with Gasteiger partial charge in [-0.15, -0.1) is 0 Å². The van der Waals surface area contributed by atoms with Crippen LogP contribution in [0.2, 0.25) is 0 Å². The maximum absolute atomic E-state index is 16.2. The van der Waals surface area contributed by atoms with Crippen LogP contribution in [0.15, 0.2) is 212 Å². The third kappa shape index (κ3) is 5.32. The van der Waals surface area contributed by atoms with Crippen molar-refractivity contribution in [3.05, 3.63) is 218 Å². The van der Waals surface area contributed by atoms with Crippen molar-refractivity contribution in [1.29, 1.82) is 0 Å². The number of nitrogens with zero attached hydrogens (tertiary/aromatic N) is 2. The summed E-state index contributed by atoms with van der Waals surface area (Å²) >= 11 is 0. The predicted molar refractivity (Wildman–Crippen MR) is 227 cm³/mol. The molecule has 1 aliphatic heterocycles. The van der Waals surface area contributed by atoms with E-state index in [4.69, 9.17) is 6.58 Å². The molecule has 1 saturated heterocycles. The SMILES string of the molecule is C=C(/C=C1\C(=C/C)N(c2ccccc2)P(=O)(c2ccccc2)N1c1ccccc1)c1c2ccccc2c(-c2ccc3ccccc3c2)c2ccccc12. The van der Waals surface area contributed by atoms with Crippen molar-refractivity contribution < 1.29 is 4.57 Å². The molecule has 1 fully saturated rings. The summed E-state index contributed by atoms with van der Waals surface area (Å²) in [6, 6.07) is 62.6. The van der Waals surface area contributed by atoms with E-state index in [9.17, 15) is 0 Å². The summed E-state index contributed by atoms with van der Waals surface area (Å²) < 4.78 is 20.3. The van der Waals surface area contributed by atoms with Crippen molar-refractivity contribution in [3.63, 3.8) is 0 Å². The zero-order valence-corrected chi connectivity index (χ0v) is 30.3. The van der Waals surface area contributed by atoms with E-state index >= 15 is 4.57 Å². The molecule has 0 spiro atoms. The van der Waals surface area contributed by atoms with E-state index in [0.717, 1.165) is 60.8 Å². The molecule has 1 unspecified atom stereocenters. The van der Waals surface area contributed by atoms with Gasteiger partial charge < -0.3 is 0 Å². The highest BCUT2D eigenvalue weighted by Crippen LogP contribution is 2.66. The number of fused-ring (bicyclic) bond motifs is 3. The summed E-state index contributed by atoms with van der Waals surface area (Å²) in [5.41, 5.74) is 7.67. The molecular weight excluding hydrogens is 664 g/mol. The zero-order chi connectivity index (χ0) is 35.9. The summed E-state index contributed by atoms with van der Waals surface area (Å²) in [6.07, 6.45) is 4.22. The molecule has 9 rings (SSSR count). The topological polar surface area (TPSA) is 23.6 Å². The van der Waals surface area contributed by atoms with Gasteiger partial charge in [-0.25, -0.2) is 0 Å². The maximum atomic E-state index is 16.2. The van der Waals surface area contributed by atoms with Crippen LogP contribution in [-0.4, -0.2) is 0 Å². The smallest absolute Gasteiger partial charge is 0.270 e. The Morgan fingerprint density at radius 3 is 1.57 bits per heavy atom. The molecule has 0 bridgehead atoms. The number of anilines is 2. The van der Waals surface area contributed by atoms with Gasteiger partial charge in [-0.3, -0.25) is 13.9 Å². The molecule has 3 nitrogen and oxygen atoms in total. The maximum Gasteiger partial charge on any atom is 0.301 e. The van der Waals surface area contributed by atoms with Crippen LogP contribution in [0, 0.1) is 0 Å².